The van der Waals surface area contributed by atoms with Gasteiger partial charge in [0.15, 0.2) is 0 Å². The molecule has 8 heteroatoms. The SMILES string of the molecule is CCOc1ccccc1N(CC(=O)NC(C)c1cc(C(C)C)c(OC)cc1C)S(=O)(=O)c1ccc(C)cc1. The lowest BCUT2D eigenvalue weighted by Crippen LogP contribution is -2.41. The number of anilines is 1. The number of hydrogen-bond acceptors (Lipinski definition) is 5. The highest BCUT2D eigenvalue weighted by atomic mass is 32.2. The Labute approximate surface area is 226 Å². The second-order valence-corrected chi connectivity index (χ2v) is 11.5. The second-order valence-electron chi connectivity index (χ2n) is 9.62. The van der Waals surface area contributed by atoms with Crippen molar-refractivity contribution in [1.82, 2.24) is 5.32 Å². The van der Waals surface area contributed by atoms with E-state index in [-0.39, 0.29) is 16.9 Å². The average molecular weight is 539 g/mol. The first-order valence-corrected chi connectivity index (χ1v) is 14.2. The van der Waals surface area contributed by atoms with E-state index < -0.39 is 22.5 Å². The zero-order valence-corrected chi connectivity index (χ0v) is 24.1. The third-order valence-electron chi connectivity index (χ3n) is 6.41. The summed E-state index contributed by atoms with van der Waals surface area (Å²) in [5.74, 6) is 1.000. The van der Waals surface area contributed by atoms with Gasteiger partial charge in [0.05, 0.1) is 30.3 Å². The van der Waals surface area contributed by atoms with Crippen LogP contribution >= 0.6 is 0 Å². The summed E-state index contributed by atoms with van der Waals surface area (Å²) in [5.41, 5.74) is 4.21. The molecule has 1 unspecified atom stereocenters. The molecule has 7 nitrogen and oxygen atoms in total. The van der Waals surface area contributed by atoms with Gasteiger partial charge in [0, 0.05) is 0 Å². The highest BCUT2D eigenvalue weighted by Crippen LogP contribution is 2.34. The first kappa shape index (κ1) is 29.0. The largest absolute Gasteiger partial charge is 0.496 e. The number of hydrogen-bond donors (Lipinski definition) is 1. The normalized spacial score (nSPS) is 12.2. The summed E-state index contributed by atoms with van der Waals surface area (Å²) < 4.78 is 40.0. The maximum absolute atomic E-state index is 13.8. The van der Waals surface area contributed by atoms with Crippen LogP contribution in [0.3, 0.4) is 0 Å². The Morgan fingerprint density at radius 2 is 1.61 bits per heavy atom. The minimum absolute atomic E-state index is 0.0998. The summed E-state index contributed by atoms with van der Waals surface area (Å²) in [4.78, 5) is 13.5. The lowest BCUT2D eigenvalue weighted by Gasteiger charge is -2.27. The fraction of sp³-hybridized carbons (Fsp3) is 0.367. The molecule has 1 N–H and O–H groups in total. The van der Waals surface area contributed by atoms with Gasteiger partial charge in [-0.15, -0.1) is 0 Å². The van der Waals surface area contributed by atoms with Crippen LogP contribution in [0.25, 0.3) is 0 Å². The number of nitrogens with one attached hydrogen (secondary N) is 1. The van der Waals surface area contributed by atoms with Gasteiger partial charge >= 0.3 is 0 Å². The third-order valence-corrected chi connectivity index (χ3v) is 8.19. The predicted octanol–water partition coefficient (Wildman–Crippen LogP) is 5.91. The highest BCUT2D eigenvalue weighted by Gasteiger charge is 2.30. The van der Waals surface area contributed by atoms with E-state index in [0.717, 1.165) is 32.3 Å². The van der Waals surface area contributed by atoms with Crippen molar-refractivity contribution in [2.24, 2.45) is 0 Å². The number of sulfonamides is 1. The molecule has 204 valence electrons. The van der Waals surface area contributed by atoms with Crippen LogP contribution in [0.2, 0.25) is 0 Å². The van der Waals surface area contributed by atoms with Crippen molar-refractivity contribution in [3.05, 3.63) is 82.9 Å². The number of ether oxygens (including phenoxy) is 2. The van der Waals surface area contributed by atoms with Crippen molar-refractivity contribution in [2.75, 3.05) is 24.6 Å². The molecule has 0 spiro atoms. The van der Waals surface area contributed by atoms with Crippen LogP contribution in [0.5, 0.6) is 11.5 Å². The Kier molecular flexibility index (Phi) is 9.44. The minimum atomic E-state index is -4.07. The number of benzene rings is 3. The van der Waals surface area contributed by atoms with Crippen molar-refractivity contribution in [3.8, 4) is 11.5 Å². The molecule has 0 aliphatic carbocycles. The van der Waals surface area contributed by atoms with E-state index in [9.17, 15) is 13.2 Å². The molecule has 0 saturated carbocycles. The Morgan fingerprint density at radius 1 is 0.947 bits per heavy atom. The summed E-state index contributed by atoms with van der Waals surface area (Å²) in [5, 5.41) is 3.00. The van der Waals surface area contributed by atoms with Gasteiger partial charge < -0.3 is 14.8 Å². The zero-order chi connectivity index (χ0) is 28.0. The summed E-state index contributed by atoms with van der Waals surface area (Å²) in [6, 6.07) is 17.1. The molecule has 0 bridgehead atoms. The van der Waals surface area contributed by atoms with E-state index >= 15 is 0 Å². The number of para-hydroxylation sites is 2. The van der Waals surface area contributed by atoms with Crippen LogP contribution < -0.4 is 19.1 Å². The predicted molar refractivity (Wildman–Crippen MR) is 152 cm³/mol. The maximum atomic E-state index is 13.8. The van der Waals surface area contributed by atoms with E-state index in [1.807, 2.05) is 33.8 Å². The van der Waals surface area contributed by atoms with Crippen LogP contribution in [-0.4, -0.2) is 34.6 Å². The maximum Gasteiger partial charge on any atom is 0.264 e. The quantitative estimate of drug-likeness (QED) is 0.328. The summed E-state index contributed by atoms with van der Waals surface area (Å²) >= 11 is 0. The Hall–Kier alpha value is -3.52. The molecule has 0 heterocycles. The lowest BCUT2D eigenvalue weighted by molar-refractivity contribution is -0.120. The molecular weight excluding hydrogens is 500 g/mol. The van der Waals surface area contributed by atoms with Crippen LogP contribution in [-0.2, 0) is 14.8 Å². The van der Waals surface area contributed by atoms with Crippen molar-refractivity contribution >= 4 is 21.6 Å². The summed E-state index contributed by atoms with van der Waals surface area (Å²) in [6.45, 7) is 11.7. The number of amides is 1. The van der Waals surface area contributed by atoms with Gasteiger partial charge in [0.2, 0.25) is 5.91 Å². The van der Waals surface area contributed by atoms with E-state index in [1.54, 1.807) is 55.6 Å². The van der Waals surface area contributed by atoms with Gasteiger partial charge in [-0.25, -0.2) is 8.42 Å². The third kappa shape index (κ3) is 6.48. The van der Waals surface area contributed by atoms with E-state index in [0.29, 0.717) is 18.0 Å². The Morgan fingerprint density at radius 3 is 2.21 bits per heavy atom. The van der Waals surface area contributed by atoms with Gasteiger partial charge in [0.25, 0.3) is 10.0 Å². The molecule has 0 aliphatic rings. The standard InChI is InChI=1S/C30H38N2O5S/c1-8-37-28-12-10-9-11-27(28)32(38(34,35)24-15-13-21(4)14-16-24)19-30(33)31-23(6)26-18-25(20(2)3)29(36-7)17-22(26)5/h9-18,20,23H,8,19H2,1-7H3,(H,31,33). The summed E-state index contributed by atoms with van der Waals surface area (Å²) in [6.07, 6.45) is 0. The first-order valence-electron chi connectivity index (χ1n) is 12.8. The molecule has 0 aliphatic heterocycles. The average Bonchev–Trinajstić information content (AvgIpc) is 2.87. The topological polar surface area (TPSA) is 84.9 Å². The number of carbonyl (C=O) groups is 1. The van der Waals surface area contributed by atoms with Gasteiger partial charge in [-0.1, -0.05) is 43.7 Å². The first-order chi connectivity index (χ1) is 18.0. The van der Waals surface area contributed by atoms with Crippen LogP contribution in [0.4, 0.5) is 5.69 Å². The molecule has 0 aromatic heterocycles. The second kappa shape index (κ2) is 12.3. The van der Waals surface area contributed by atoms with Crippen molar-refractivity contribution < 1.29 is 22.7 Å². The molecule has 3 aromatic carbocycles. The fourth-order valence-corrected chi connectivity index (χ4v) is 5.81. The molecule has 0 radical (unpaired) electrons. The molecule has 38 heavy (non-hydrogen) atoms. The van der Waals surface area contributed by atoms with Gasteiger partial charge in [-0.2, -0.15) is 0 Å². The number of aryl methyl sites for hydroxylation is 2. The molecule has 3 aromatic rings. The number of nitrogens with zero attached hydrogens (tertiary/aromatic N) is 1. The highest BCUT2D eigenvalue weighted by molar-refractivity contribution is 7.92. The van der Waals surface area contributed by atoms with Crippen LogP contribution in [0.1, 0.15) is 61.9 Å². The number of methoxy groups -OCH3 is 1. The van der Waals surface area contributed by atoms with E-state index in [4.69, 9.17) is 9.47 Å². The lowest BCUT2D eigenvalue weighted by atomic mass is 9.93. The zero-order valence-electron chi connectivity index (χ0n) is 23.2. The van der Waals surface area contributed by atoms with Crippen molar-refractivity contribution in [2.45, 2.75) is 58.4 Å². The minimum Gasteiger partial charge on any atom is -0.496 e. The molecule has 3 rings (SSSR count). The smallest absolute Gasteiger partial charge is 0.264 e. The molecule has 0 saturated heterocycles. The van der Waals surface area contributed by atoms with Gasteiger partial charge in [-0.3, -0.25) is 9.10 Å². The molecular formula is C30H38N2O5S. The Balaban J connectivity index is 1.97. The summed E-state index contributed by atoms with van der Waals surface area (Å²) in [7, 11) is -2.42. The molecule has 1 atom stereocenters. The van der Waals surface area contributed by atoms with Gasteiger partial charge in [-0.05, 0) is 86.7 Å². The molecule has 0 fully saturated rings. The number of rotatable bonds is 11. The van der Waals surface area contributed by atoms with Gasteiger partial charge in [0.1, 0.15) is 18.0 Å². The molecule has 1 amide bonds. The van der Waals surface area contributed by atoms with E-state index in [2.05, 4.69) is 25.2 Å². The fourth-order valence-electron chi connectivity index (χ4n) is 4.38. The van der Waals surface area contributed by atoms with Crippen LogP contribution in [0.15, 0.2) is 65.6 Å². The van der Waals surface area contributed by atoms with E-state index in [1.165, 1.54) is 0 Å². The van der Waals surface area contributed by atoms with Crippen molar-refractivity contribution in [1.29, 1.82) is 0 Å². The monoisotopic (exact) mass is 538 g/mol. The number of carbonyl (C=O) groups excluding carboxylic acids is 1. The Bertz CT molecular complexity index is 1370. The van der Waals surface area contributed by atoms with Crippen LogP contribution in [0, 0.1) is 13.8 Å². The van der Waals surface area contributed by atoms with Crippen molar-refractivity contribution in [3.63, 3.8) is 0 Å².